The van der Waals surface area contributed by atoms with E-state index in [9.17, 15) is 18.3 Å². The molecule has 1 saturated carbocycles. The summed E-state index contributed by atoms with van der Waals surface area (Å²) in [6, 6.07) is 6.84. The fourth-order valence-electron chi connectivity index (χ4n) is 3.07. The van der Waals surface area contributed by atoms with Crippen molar-refractivity contribution >= 4 is 17.6 Å². The van der Waals surface area contributed by atoms with Crippen molar-refractivity contribution in [1.82, 2.24) is 24.9 Å². The Morgan fingerprint density at radius 3 is 2.47 bits per heavy atom. The van der Waals surface area contributed by atoms with Crippen molar-refractivity contribution in [2.45, 2.75) is 44.0 Å². The van der Waals surface area contributed by atoms with Crippen molar-refractivity contribution in [3.05, 3.63) is 59.3 Å². The van der Waals surface area contributed by atoms with Crippen LogP contribution in [0.15, 0.2) is 36.5 Å². The van der Waals surface area contributed by atoms with E-state index in [2.05, 4.69) is 40.4 Å². The Balaban J connectivity index is 1.70. The largest absolute Gasteiger partial charge is 0.433 e. The van der Waals surface area contributed by atoms with Crippen LogP contribution >= 0.6 is 0 Å². The standard InChI is InChI=1S/C22H21F3N8O/c1-20(2,34)12-28-18-31-17(14-5-4-6-15(30-14)22(23,24)25)32-19(33-18)29-13-7-10-27-16(11-13)21(26-3)8-9-21/h4-7,10-11,34H,8-9,12H2,1-2H3,(H2,27,28,29,31,32,33). The minimum atomic E-state index is -4.62. The van der Waals surface area contributed by atoms with Crippen molar-refractivity contribution in [2.24, 2.45) is 0 Å². The molecule has 0 bridgehead atoms. The minimum Gasteiger partial charge on any atom is -0.389 e. The molecule has 0 spiro atoms. The third-order valence-electron chi connectivity index (χ3n) is 5.01. The maximum Gasteiger partial charge on any atom is 0.433 e. The van der Waals surface area contributed by atoms with Gasteiger partial charge in [0.2, 0.25) is 11.9 Å². The molecule has 3 N–H and O–H groups in total. The Morgan fingerprint density at radius 2 is 1.82 bits per heavy atom. The van der Waals surface area contributed by atoms with Gasteiger partial charge in [0.05, 0.1) is 5.60 Å². The van der Waals surface area contributed by atoms with Gasteiger partial charge < -0.3 is 20.6 Å². The molecule has 3 aromatic heterocycles. The SMILES string of the molecule is [C-]#[N+]C1(c2cc(Nc3nc(NCC(C)(C)O)nc(-c4cccc(C(F)(F)F)n4)n3)ccn2)CC1. The van der Waals surface area contributed by atoms with Crippen molar-refractivity contribution in [3.63, 3.8) is 0 Å². The number of aliphatic hydroxyl groups is 1. The first-order valence-electron chi connectivity index (χ1n) is 10.4. The Kier molecular flexibility index (Phi) is 5.82. The lowest BCUT2D eigenvalue weighted by Gasteiger charge is -2.18. The lowest BCUT2D eigenvalue weighted by atomic mass is 10.1. The average molecular weight is 470 g/mol. The van der Waals surface area contributed by atoms with Crippen LogP contribution in [-0.4, -0.2) is 42.2 Å². The second kappa shape index (κ2) is 8.49. The van der Waals surface area contributed by atoms with Gasteiger partial charge in [0.15, 0.2) is 5.82 Å². The monoisotopic (exact) mass is 470 g/mol. The van der Waals surface area contributed by atoms with Crippen molar-refractivity contribution in [2.75, 3.05) is 17.2 Å². The first-order valence-corrected chi connectivity index (χ1v) is 10.4. The van der Waals surface area contributed by atoms with E-state index in [-0.39, 0.29) is 30.0 Å². The second-order valence-corrected chi connectivity index (χ2v) is 8.58. The maximum absolute atomic E-state index is 13.2. The zero-order valence-electron chi connectivity index (χ0n) is 18.3. The van der Waals surface area contributed by atoms with Crippen LogP contribution < -0.4 is 10.6 Å². The van der Waals surface area contributed by atoms with Gasteiger partial charge in [0, 0.05) is 31.3 Å². The van der Waals surface area contributed by atoms with Crippen LogP contribution in [0.25, 0.3) is 16.4 Å². The predicted molar refractivity (Wildman–Crippen MR) is 118 cm³/mol. The molecule has 0 aliphatic heterocycles. The molecule has 176 valence electrons. The fourth-order valence-corrected chi connectivity index (χ4v) is 3.07. The second-order valence-electron chi connectivity index (χ2n) is 8.58. The number of hydrogen-bond acceptors (Lipinski definition) is 8. The molecule has 34 heavy (non-hydrogen) atoms. The van der Waals surface area contributed by atoms with Crippen LogP contribution in [0.2, 0.25) is 0 Å². The normalized spacial score (nSPS) is 14.9. The molecule has 0 unspecified atom stereocenters. The fraction of sp³-hybridized carbons (Fsp3) is 0.364. The number of halogens is 3. The number of nitrogens with one attached hydrogen (secondary N) is 2. The number of rotatable bonds is 7. The third kappa shape index (κ3) is 5.37. The highest BCUT2D eigenvalue weighted by Gasteiger charge is 2.54. The summed E-state index contributed by atoms with van der Waals surface area (Å²) in [5, 5.41) is 15.9. The van der Waals surface area contributed by atoms with Crippen LogP contribution in [0, 0.1) is 6.57 Å². The maximum atomic E-state index is 13.2. The number of hydrogen-bond donors (Lipinski definition) is 3. The molecule has 1 aliphatic rings. The first kappa shape index (κ1) is 23.3. The topological polar surface area (TPSA) is 113 Å². The van der Waals surface area contributed by atoms with Gasteiger partial charge in [-0.15, -0.1) is 0 Å². The molecule has 0 saturated heterocycles. The van der Waals surface area contributed by atoms with Crippen LogP contribution in [0.1, 0.15) is 38.1 Å². The Morgan fingerprint density at radius 1 is 1.09 bits per heavy atom. The summed E-state index contributed by atoms with van der Waals surface area (Å²) in [4.78, 5) is 24.3. The lowest BCUT2D eigenvalue weighted by molar-refractivity contribution is -0.141. The van der Waals surface area contributed by atoms with E-state index >= 15 is 0 Å². The Labute approximate surface area is 193 Å². The molecule has 0 atom stereocenters. The molecule has 0 radical (unpaired) electrons. The van der Waals surface area contributed by atoms with Gasteiger partial charge in [-0.1, -0.05) is 6.07 Å². The van der Waals surface area contributed by atoms with Crippen LogP contribution in [0.3, 0.4) is 0 Å². The predicted octanol–water partition coefficient (Wildman–Crippen LogP) is 4.18. The van der Waals surface area contributed by atoms with Gasteiger partial charge in [-0.05, 0) is 38.1 Å². The molecule has 0 aromatic carbocycles. The summed E-state index contributed by atoms with van der Waals surface area (Å²) in [5.74, 6) is 0.00570. The van der Waals surface area contributed by atoms with Crippen molar-refractivity contribution in [3.8, 4) is 11.5 Å². The van der Waals surface area contributed by atoms with Gasteiger partial charge >= 0.3 is 6.18 Å². The van der Waals surface area contributed by atoms with Crippen LogP contribution in [-0.2, 0) is 11.7 Å². The van der Waals surface area contributed by atoms with Gasteiger partial charge in [0.1, 0.15) is 17.1 Å². The van der Waals surface area contributed by atoms with Gasteiger partial charge in [-0.3, -0.25) is 4.98 Å². The highest BCUT2D eigenvalue weighted by atomic mass is 19.4. The molecule has 9 nitrogen and oxygen atoms in total. The highest BCUT2D eigenvalue weighted by Crippen LogP contribution is 2.49. The number of aromatic nitrogens is 5. The number of nitrogens with zero attached hydrogens (tertiary/aromatic N) is 6. The summed E-state index contributed by atoms with van der Waals surface area (Å²) in [6.45, 7) is 10.7. The van der Waals surface area contributed by atoms with E-state index < -0.39 is 23.0 Å². The van der Waals surface area contributed by atoms with E-state index in [4.69, 9.17) is 6.57 Å². The van der Waals surface area contributed by atoms with Crippen LogP contribution in [0.4, 0.5) is 30.8 Å². The van der Waals surface area contributed by atoms with E-state index in [0.717, 1.165) is 18.9 Å². The quantitative estimate of drug-likeness (QED) is 0.441. The van der Waals surface area contributed by atoms with Crippen LogP contribution in [0.5, 0.6) is 0 Å². The molecule has 3 heterocycles. The molecule has 1 aliphatic carbocycles. The van der Waals surface area contributed by atoms with Crippen molar-refractivity contribution < 1.29 is 18.3 Å². The lowest BCUT2D eigenvalue weighted by Crippen LogP contribution is -2.30. The van der Waals surface area contributed by atoms with E-state index in [1.807, 2.05) is 0 Å². The molecule has 0 amide bonds. The van der Waals surface area contributed by atoms with E-state index in [1.165, 1.54) is 12.1 Å². The number of anilines is 3. The molecule has 1 fully saturated rings. The smallest absolute Gasteiger partial charge is 0.389 e. The first-order chi connectivity index (χ1) is 16.0. The summed E-state index contributed by atoms with van der Waals surface area (Å²) in [6.07, 6.45) is -1.60. The molecular formula is C22H21F3N8O. The highest BCUT2D eigenvalue weighted by molar-refractivity contribution is 5.59. The summed E-state index contributed by atoms with van der Waals surface area (Å²) < 4.78 is 39.5. The van der Waals surface area contributed by atoms with Gasteiger partial charge in [-0.2, -0.15) is 28.1 Å². The molecule has 3 aromatic rings. The Hall–Kier alpha value is -3.85. The third-order valence-corrected chi connectivity index (χ3v) is 5.01. The van der Waals surface area contributed by atoms with E-state index in [1.54, 1.807) is 32.2 Å². The minimum absolute atomic E-state index is 0.0444. The molecule has 12 heteroatoms. The number of alkyl halides is 3. The zero-order chi connectivity index (χ0) is 24.6. The molecular weight excluding hydrogens is 449 g/mol. The van der Waals surface area contributed by atoms with Gasteiger partial charge in [-0.25, -0.2) is 11.6 Å². The average Bonchev–Trinajstić information content (AvgIpc) is 3.58. The van der Waals surface area contributed by atoms with Gasteiger partial charge in [0.25, 0.3) is 5.54 Å². The van der Waals surface area contributed by atoms with Crippen molar-refractivity contribution in [1.29, 1.82) is 0 Å². The summed E-state index contributed by atoms with van der Waals surface area (Å²) in [5.41, 5.74) is -1.68. The Bertz CT molecular complexity index is 1250. The molecule has 4 rings (SSSR count). The zero-order valence-corrected chi connectivity index (χ0v) is 18.3. The summed E-state index contributed by atoms with van der Waals surface area (Å²) >= 11 is 0. The van der Waals surface area contributed by atoms with E-state index in [0.29, 0.717) is 11.4 Å². The number of pyridine rings is 2. The summed E-state index contributed by atoms with van der Waals surface area (Å²) in [7, 11) is 0.